The molecule has 0 aromatic heterocycles. The number of carbonyl (C=O) groups excluding carboxylic acids is 1. The van der Waals surface area contributed by atoms with E-state index < -0.39 is 0 Å². The van der Waals surface area contributed by atoms with Crippen molar-refractivity contribution in [1.82, 2.24) is 4.90 Å². The van der Waals surface area contributed by atoms with Gasteiger partial charge in [0.25, 0.3) is 5.91 Å². The van der Waals surface area contributed by atoms with Gasteiger partial charge in [0.2, 0.25) is 0 Å². The molecule has 1 heterocycles. The van der Waals surface area contributed by atoms with Crippen LogP contribution in [0.15, 0.2) is 36.8 Å². The van der Waals surface area contributed by atoms with Crippen LogP contribution < -0.4 is 0 Å². The Morgan fingerprint density at radius 1 is 1.50 bits per heavy atom. The molecular formula is C9H11NO2. The molecule has 1 aliphatic rings. The summed E-state index contributed by atoms with van der Waals surface area (Å²) < 4.78 is 5.11. The zero-order valence-electron chi connectivity index (χ0n) is 7.04. The molecule has 1 rings (SSSR count). The van der Waals surface area contributed by atoms with Gasteiger partial charge in [0.15, 0.2) is 6.61 Å². The second-order valence-electron chi connectivity index (χ2n) is 2.40. The molecule has 0 atom stereocenters. The van der Waals surface area contributed by atoms with Crippen LogP contribution in [-0.2, 0) is 9.53 Å². The molecule has 0 fully saturated rings. The Morgan fingerprint density at radius 2 is 2.17 bits per heavy atom. The predicted octanol–water partition coefficient (Wildman–Crippen LogP) is 1.06. The summed E-state index contributed by atoms with van der Waals surface area (Å²) in [5.74, 6) is 0.530. The molecule has 0 N–H and O–H groups in total. The largest absolute Gasteiger partial charge is 0.482 e. The first-order valence-corrected chi connectivity index (χ1v) is 3.59. The quantitative estimate of drug-likeness (QED) is 0.612. The fourth-order valence-corrected chi connectivity index (χ4v) is 1.01. The van der Waals surface area contributed by atoms with Gasteiger partial charge in [-0.15, -0.1) is 0 Å². The molecular weight excluding hydrogens is 154 g/mol. The summed E-state index contributed by atoms with van der Waals surface area (Å²) in [5.41, 5.74) is 0.668. The van der Waals surface area contributed by atoms with Crippen molar-refractivity contribution in [2.24, 2.45) is 0 Å². The molecule has 0 radical (unpaired) electrons. The first-order chi connectivity index (χ1) is 5.70. The SMILES string of the molecule is C=CC1=C(C=C)N(C)C(=O)CO1. The number of rotatable bonds is 2. The molecule has 64 valence electrons. The van der Waals surface area contributed by atoms with Crippen LogP contribution in [0.3, 0.4) is 0 Å². The number of allylic oxidation sites excluding steroid dienone is 2. The molecule has 0 unspecified atom stereocenters. The Hall–Kier alpha value is -1.51. The second kappa shape index (κ2) is 3.26. The van der Waals surface area contributed by atoms with Crippen molar-refractivity contribution in [2.75, 3.05) is 13.7 Å². The van der Waals surface area contributed by atoms with E-state index in [1.165, 1.54) is 4.90 Å². The number of hydrogen-bond donors (Lipinski definition) is 0. The van der Waals surface area contributed by atoms with E-state index in [-0.39, 0.29) is 12.5 Å². The van der Waals surface area contributed by atoms with Gasteiger partial charge in [-0.2, -0.15) is 0 Å². The molecule has 1 aliphatic heterocycles. The third-order valence-corrected chi connectivity index (χ3v) is 1.72. The van der Waals surface area contributed by atoms with Crippen molar-refractivity contribution in [3.05, 3.63) is 36.8 Å². The summed E-state index contributed by atoms with van der Waals surface area (Å²) in [5, 5.41) is 0. The normalized spacial score (nSPS) is 17.4. The van der Waals surface area contributed by atoms with Crippen molar-refractivity contribution < 1.29 is 9.53 Å². The van der Waals surface area contributed by atoms with E-state index in [4.69, 9.17) is 4.74 Å². The molecule has 0 aromatic rings. The Balaban J connectivity index is 3.07. The highest BCUT2D eigenvalue weighted by molar-refractivity contribution is 5.81. The van der Waals surface area contributed by atoms with Gasteiger partial charge >= 0.3 is 0 Å². The third kappa shape index (κ3) is 1.25. The van der Waals surface area contributed by atoms with Crippen LogP contribution in [0.1, 0.15) is 0 Å². The monoisotopic (exact) mass is 165 g/mol. The number of likely N-dealkylation sites (N-methyl/N-ethyl adjacent to an activating group) is 1. The van der Waals surface area contributed by atoms with Crippen LogP contribution in [0.2, 0.25) is 0 Å². The Bertz CT molecular complexity index is 266. The van der Waals surface area contributed by atoms with Crippen molar-refractivity contribution >= 4 is 5.91 Å². The van der Waals surface area contributed by atoms with Gasteiger partial charge in [-0.05, 0) is 12.2 Å². The van der Waals surface area contributed by atoms with Crippen LogP contribution in [-0.4, -0.2) is 24.5 Å². The summed E-state index contributed by atoms with van der Waals surface area (Å²) in [7, 11) is 1.69. The molecule has 1 amide bonds. The van der Waals surface area contributed by atoms with E-state index in [0.29, 0.717) is 11.5 Å². The lowest BCUT2D eigenvalue weighted by Gasteiger charge is -2.25. The molecule has 3 nitrogen and oxygen atoms in total. The van der Waals surface area contributed by atoms with E-state index in [0.717, 1.165) is 0 Å². The molecule has 3 heteroatoms. The average Bonchev–Trinajstić information content (AvgIpc) is 2.09. The molecule has 0 saturated heterocycles. The first-order valence-electron chi connectivity index (χ1n) is 3.59. The highest BCUT2D eigenvalue weighted by Gasteiger charge is 2.20. The minimum Gasteiger partial charge on any atom is -0.482 e. The number of nitrogens with zero attached hydrogens (tertiary/aromatic N) is 1. The summed E-state index contributed by atoms with van der Waals surface area (Å²) in [6, 6.07) is 0. The lowest BCUT2D eigenvalue weighted by molar-refractivity contribution is -0.133. The summed E-state index contributed by atoms with van der Waals surface area (Å²) in [6.07, 6.45) is 3.15. The van der Waals surface area contributed by atoms with Crippen molar-refractivity contribution in [1.29, 1.82) is 0 Å². The van der Waals surface area contributed by atoms with Crippen LogP contribution in [0.25, 0.3) is 0 Å². The van der Waals surface area contributed by atoms with Gasteiger partial charge < -0.3 is 9.64 Å². The number of amides is 1. The van der Waals surface area contributed by atoms with Gasteiger partial charge in [0.1, 0.15) is 5.76 Å². The first kappa shape index (κ1) is 8.59. The fourth-order valence-electron chi connectivity index (χ4n) is 1.01. The minimum atomic E-state index is -0.0736. The van der Waals surface area contributed by atoms with Crippen molar-refractivity contribution in [2.45, 2.75) is 0 Å². The van der Waals surface area contributed by atoms with Gasteiger partial charge in [-0.3, -0.25) is 4.79 Å². The minimum absolute atomic E-state index is 0.0736. The maximum absolute atomic E-state index is 11.1. The number of carbonyl (C=O) groups is 1. The zero-order valence-corrected chi connectivity index (χ0v) is 7.04. The topological polar surface area (TPSA) is 29.5 Å². The van der Waals surface area contributed by atoms with Crippen LogP contribution in [0, 0.1) is 0 Å². The average molecular weight is 165 g/mol. The Labute approximate surface area is 71.6 Å². The van der Waals surface area contributed by atoms with Crippen LogP contribution in [0.5, 0.6) is 0 Å². The predicted molar refractivity (Wildman–Crippen MR) is 46.1 cm³/mol. The van der Waals surface area contributed by atoms with Gasteiger partial charge in [0, 0.05) is 7.05 Å². The van der Waals surface area contributed by atoms with Crippen LogP contribution >= 0.6 is 0 Å². The van der Waals surface area contributed by atoms with Gasteiger partial charge in [-0.25, -0.2) is 0 Å². The van der Waals surface area contributed by atoms with E-state index in [1.54, 1.807) is 19.2 Å². The van der Waals surface area contributed by atoms with E-state index >= 15 is 0 Å². The maximum atomic E-state index is 11.1. The van der Waals surface area contributed by atoms with E-state index in [2.05, 4.69) is 13.2 Å². The highest BCUT2D eigenvalue weighted by Crippen LogP contribution is 2.17. The summed E-state index contributed by atoms with van der Waals surface area (Å²) >= 11 is 0. The number of ether oxygens (including phenoxy) is 1. The molecule has 0 spiro atoms. The lowest BCUT2D eigenvalue weighted by atomic mass is 10.2. The summed E-state index contributed by atoms with van der Waals surface area (Å²) in [4.78, 5) is 12.6. The third-order valence-electron chi connectivity index (χ3n) is 1.72. The van der Waals surface area contributed by atoms with Crippen LogP contribution in [0.4, 0.5) is 0 Å². The fraction of sp³-hybridized carbons (Fsp3) is 0.222. The molecule has 0 aromatic carbocycles. The highest BCUT2D eigenvalue weighted by atomic mass is 16.5. The van der Waals surface area contributed by atoms with Gasteiger partial charge in [-0.1, -0.05) is 13.2 Å². The Morgan fingerprint density at radius 3 is 2.67 bits per heavy atom. The van der Waals surface area contributed by atoms with Crippen molar-refractivity contribution in [3.63, 3.8) is 0 Å². The number of hydrogen-bond acceptors (Lipinski definition) is 2. The standard InChI is InChI=1S/C9H11NO2/c1-4-7-8(5-2)12-6-9(11)10(7)3/h4-5H,1-2,6H2,3H3. The molecule has 0 aliphatic carbocycles. The maximum Gasteiger partial charge on any atom is 0.264 e. The molecule has 0 saturated carbocycles. The lowest BCUT2D eigenvalue weighted by Crippen LogP contribution is -2.34. The van der Waals surface area contributed by atoms with Gasteiger partial charge in [0.05, 0.1) is 5.70 Å². The van der Waals surface area contributed by atoms with E-state index in [1.807, 2.05) is 0 Å². The smallest absolute Gasteiger partial charge is 0.264 e. The molecule has 12 heavy (non-hydrogen) atoms. The zero-order chi connectivity index (χ0) is 9.14. The second-order valence-corrected chi connectivity index (χ2v) is 2.40. The summed E-state index contributed by atoms with van der Waals surface area (Å²) in [6.45, 7) is 7.24. The van der Waals surface area contributed by atoms with Crippen molar-refractivity contribution in [3.8, 4) is 0 Å². The van der Waals surface area contributed by atoms with E-state index in [9.17, 15) is 4.79 Å². The Kier molecular flexibility index (Phi) is 2.33. The molecule has 0 bridgehead atoms.